The second-order valence-corrected chi connectivity index (χ2v) is 4.66. The van der Waals surface area contributed by atoms with E-state index in [0.29, 0.717) is 0 Å². The normalized spacial score (nSPS) is 10.2. The van der Waals surface area contributed by atoms with Gasteiger partial charge < -0.3 is 14.4 Å². The van der Waals surface area contributed by atoms with Crippen LogP contribution in [0, 0.1) is 0 Å². The van der Waals surface area contributed by atoms with Crippen molar-refractivity contribution in [2.45, 2.75) is 0 Å². The molecule has 10 heavy (non-hydrogen) atoms. The Labute approximate surface area is 119 Å². The molecule has 0 fully saturated rings. The summed E-state index contributed by atoms with van der Waals surface area (Å²) in [5.74, 6) is -1.35. The summed E-state index contributed by atoms with van der Waals surface area (Å²) in [6.07, 6.45) is 0. The van der Waals surface area contributed by atoms with Crippen molar-refractivity contribution in [3.63, 3.8) is 0 Å². The van der Waals surface area contributed by atoms with Crippen LogP contribution < -0.4 is 74.0 Å². The quantitative estimate of drug-likeness (QED) is 0.500. The summed E-state index contributed by atoms with van der Waals surface area (Å²) in [5, 5.41) is 9.69. The molecule has 0 bridgehead atoms. The van der Waals surface area contributed by atoms with E-state index in [1.165, 1.54) is 13.3 Å². The zero-order valence-corrected chi connectivity index (χ0v) is 13.5. The summed E-state index contributed by atoms with van der Waals surface area (Å²) in [6.45, 7) is 2.09. The summed E-state index contributed by atoms with van der Waals surface area (Å²) in [7, 11) is -2.64. The first-order valence-electron chi connectivity index (χ1n) is 2.31. The van der Waals surface area contributed by atoms with E-state index < -0.39 is 19.9 Å². The first-order valence-corrected chi connectivity index (χ1v) is 4.83. The monoisotopic (exact) mass is 284 g/mol. The van der Waals surface area contributed by atoms with Gasteiger partial charge in [0.2, 0.25) is 0 Å². The molecule has 4 nitrogen and oxygen atoms in total. The van der Waals surface area contributed by atoms with Gasteiger partial charge >= 0.3 is 68.9 Å². The van der Waals surface area contributed by atoms with Crippen LogP contribution in [-0.2, 0) is 13.9 Å². The number of carboxylic acid groups (broad SMARTS) is 1. The Morgan fingerprint density at radius 1 is 1.60 bits per heavy atom. The van der Waals surface area contributed by atoms with E-state index in [1.807, 2.05) is 0 Å². The van der Waals surface area contributed by atoms with E-state index in [1.54, 1.807) is 0 Å². The second kappa shape index (κ2) is 6.25. The molecule has 0 saturated carbocycles. The van der Waals surface area contributed by atoms with Gasteiger partial charge in [-0.2, -0.15) is 0 Å². The SMILES string of the molecule is CP(C)(=O)OCC(=O)[O-].[Cs+]. The van der Waals surface area contributed by atoms with Crippen molar-refractivity contribution >= 4 is 13.3 Å². The van der Waals surface area contributed by atoms with E-state index in [4.69, 9.17) is 0 Å². The first-order chi connectivity index (χ1) is 3.92. The van der Waals surface area contributed by atoms with E-state index in [0.717, 1.165) is 0 Å². The number of hydrogen-bond donors (Lipinski definition) is 0. The van der Waals surface area contributed by atoms with Gasteiger partial charge in [0, 0.05) is 13.3 Å². The molecule has 0 aromatic heterocycles. The maximum atomic E-state index is 10.6. The molecule has 0 aromatic rings. The van der Waals surface area contributed by atoms with Crippen LogP contribution >= 0.6 is 7.37 Å². The third-order valence-corrected chi connectivity index (χ3v) is 1.24. The smallest absolute Gasteiger partial charge is 0.548 e. The number of carbonyl (C=O) groups excluding carboxylic acids is 1. The number of rotatable bonds is 3. The van der Waals surface area contributed by atoms with Crippen LogP contribution in [-0.4, -0.2) is 25.9 Å². The fourth-order valence-corrected chi connectivity index (χ4v) is 0.624. The van der Waals surface area contributed by atoms with Crippen molar-refractivity contribution in [1.82, 2.24) is 0 Å². The maximum Gasteiger partial charge on any atom is 1.00 e. The average Bonchev–Trinajstić information content (AvgIpc) is 1.59. The van der Waals surface area contributed by atoms with E-state index in [9.17, 15) is 14.5 Å². The van der Waals surface area contributed by atoms with Gasteiger partial charge in [-0.1, -0.05) is 0 Å². The third-order valence-electron chi connectivity index (χ3n) is 0.493. The summed E-state index contributed by atoms with van der Waals surface area (Å²) in [5.41, 5.74) is 0. The molecule has 0 heterocycles. The molecule has 0 radical (unpaired) electrons. The van der Waals surface area contributed by atoms with E-state index in [-0.39, 0.29) is 68.9 Å². The van der Waals surface area contributed by atoms with Gasteiger partial charge in [-0.05, 0) is 0 Å². The van der Waals surface area contributed by atoms with Crippen LogP contribution in [0.25, 0.3) is 0 Å². The van der Waals surface area contributed by atoms with Gasteiger partial charge in [0.05, 0.1) is 12.6 Å². The fraction of sp³-hybridized carbons (Fsp3) is 0.750. The molecule has 0 amide bonds. The van der Waals surface area contributed by atoms with Crippen LogP contribution in [0.15, 0.2) is 0 Å². The summed E-state index contributed by atoms with van der Waals surface area (Å²) in [6, 6.07) is 0. The topological polar surface area (TPSA) is 66.4 Å². The molecule has 54 valence electrons. The van der Waals surface area contributed by atoms with Crippen LogP contribution in [0.4, 0.5) is 0 Å². The summed E-state index contributed by atoms with van der Waals surface area (Å²) >= 11 is 0. The average molecular weight is 284 g/mol. The van der Waals surface area contributed by atoms with Crippen LogP contribution in [0.3, 0.4) is 0 Å². The van der Waals surface area contributed by atoms with Gasteiger partial charge in [-0.15, -0.1) is 0 Å². The molecule has 0 spiro atoms. The summed E-state index contributed by atoms with van der Waals surface area (Å²) < 4.78 is 15.0. The van der Waals surface area contributed by atoms with Gasteiger partial charge in [-0.3, -0.25) is 4.57 Å². The van der Waals surface area contributed by atoms with Crippen molar-refractivity contribution in [1.29, 1.82) is 0 Å². The minimum atomic E-state index is -2.64. The van der Waals surface area contributed by atoms with E-state index >= 15 is 0 Å². The van der Waals surface area contributed by atoms with Gasteiger partial charge in [0.15, 0.2) is 7.37 Å². The van der Waals surface area contributed by atoms with Crippen molar-refractivity contribution < 1.29 is 87.9 Å². The van der Waals surface area contributed by atoms with E-state index in [2.05, 4.69) is 4.52 Å². The number of aliphatic carboxylic acids is 1. The zero-order chi connectivity index (χ0) is 7.49. The molecule has 0 aliphatic heterocycles. The third kappa shape index (κ3) is 12.4. The molecule has 0 unspecified atom stereocenters. The van der Waals surface area contributed by atoms with Crippen LogP contribution in [0.1, 0.15) is 0 Å². The Morgan fingerprint density at radius 2 is 2.00 bits per heavy atom. The molecular formula is C4H8CsO4P. The van der Waals surface area contributed by atoms with Gasteiger partial charge in [0.1, 0.15) is 0 Å². The second-order valence-electron chi connectivity index (χ2n) is 1.90. The summed E-state index contributed by atoms with van der Waals surface area (Å²) in [4.78, 5) is 9.69. The number of carbonyl (C=O) groups is 1. The largest absolute Gasteiger partial charge is 1.00 e. The van der Waals surface area contributed by atoms with Gasteiger partial charge in [0.25, 0.3) is 0 Å². The fourth-order valence-electron chi connectivity index (χ4n) is 0.208. The molecule has 0 saturated heterocycles. The van der Waals surface area contributed by atoms with Crippen LogP contribution in [0.5, 0.6) is 0 Å². The molecule has 0 aliphatic rings. The molecular weight excluding hydrogens is 276 g/mol. The minimum absolute atomic E-state index is 0. The first kappa shape index (κ1) is 14.2. The standard InChI is InChI=1S/C4H9O4P.Cs/c1-9(2,7)8-3-4(5)6;/h3H2,1-2H3,(H,5,6);/q;+1/p-1. The molecule has 0 aliphatic carbocycles. The minimum Gasteiger partial charge on any atom is -0.548 e. The van der Waals surface area contributed by atoms with Crippen molar-refractivity contribution in [3.8, 4) is 0 Å². The molecule has 6 heteroatoms. The molecule has 0 rings (SSSR count). The number of carboxylic acids is 1. The Bertz CT molecular complexity index is 151. The molecule has 0 aromatic carbocycles. The molecule has 0 atom stereocenters. The van der Waals surface area contributed by atoms with Crippen molar-refractivity contribution in [2.75, 3.05) is 19.9 Å². The molecule has 0 N–H and O–H groups in total. The Morgan fingerprint density at radius 3 is 2.10 bits per heavy atom. The van der Waals surface area contributed by atoms with Crippen molar-refractivity contribution in [3.05, 3.63) is 0 Å². The number of hydrogen-bond acceptors (Lipinski definition) is 4. The Balaban J connectivity index is 0. The maximum absolute atomic E-state index is 10.6. The Hall–Kier alpha value is 1.71. The zero-order valence-electron chi connectivity index (χ0n) is 6.29. The predicted molar refractivity (Wildman–Crippen MR) is 30.4 cm³/mol. The Kier molecular flexibility index (Phi) is 8.91. The predicted octanol–water partition coefficient (Wildman–Crippen LogP) is -3.71. The van der Waals surface area contributed by atoms with Crippen LogP contribution in [0.2, 0.25) is 0 Å². The van der Waals surface area contributed by atoms with Crippen molar-refractivity contribution in [2.24, 2.45) is 0 Å². The van der Waals surface area contributed by atoms with Gasteiger partial charge in [-0.25, -0.2) is 0 Å².